The lowest BCUT2D eigenvalue weighted by Crippen LogP contribution is -2.45. The molecule has 0 amide bonds. The van der Waals surface area contributed by atoms with Gasteiger partial charge in [0.05, 0.1) is 6.04 Å². The van der Waals surface area contributed by atoms with Crippen LogP contribution in [0.4, 0.5) is 4.39 Å². The van der Waals surface area contributed by atoms with Crippen molar-refractivity contribution >= 4 is 5.96 Å². The minimum absolute atomic E-state index is 0.0960. The maximum absolute atomic E-state index is 13.3. The van der Waals surface area contributed by atoms with Gasteiger partial charge < -0.3 is 15.4 Å². The Labute approximate surface area is 148 Å². The van der Waals surface area contributed by atoms with Gasteiger partial charge in [-0.2, -0.15) is 0 Å². The largest absolute Gasteiger partial charge is 0.487 e. The normalized spacial score (nSPS) is 18.9. The van der Waals surface area contributed by atoms with Gasteiger partial charge in [0.2, 0.25) is 0 Å². The average molecular weight is 341 g/mol. The smallest absolute Gasteiger partial charge is 0.191 e. The predicted molar refractivity (Wildman–Crippen MR) is 98.2 cm³/mol. The molecule has 132 valence electrons. The van der Waals surface area contributed by atoms with E-state index in [1.54, 1.807) is 13.1 Å². The van der Waals surface area contributed by atoms with E-state index in [4.69, 9.17) is 4.74 Å². The van der Waals surface area contributed by atoms with Crippen LogP contribution < -0.4 is 15.4 Å². The maximum atomic E-state index is 13.3. The minimum atomic E-state index is -0.257. The summed E-state index contributed by atoms with van der Waals surface area (Å²) in [6, 6.07) is 14.7. The number of ether oxygens (including phenoxy) is 1. The Balaban J connectivity index is 1.71. The summed E-state index contributed by atoms with van der Waals surface area (Å²) in [4.78, 5) is 4.30. The molecule has 25 heavy (non-hydrogen) atoms. The Kier molecular flexibility index (Phi) is 4.93. The van der Waals surface area contributed by atoms with Crippen LogP contribution in [0, 0.1) is 5.82 Å². The molecule has 0 bridgehead atoms. The van der Waals surface area contributed by atoms with Crippen molar-refractivity contribution in [2.45, 2.75) is 38.5 Å². The van der Waals surface area contributed by atoms with Crippen LogP contribution in [0.1, 0.15) is 37.4 Å². The molecule has 0 spiro atoms. The first-order valence-corrected chi connectivity index (χ1v) is 8.46. The third kappa shape index (κ3) is 4.29. The Morgan fingerprint density at radius 3 is 2.80 bits per heavy atom. The fraction of sp³-hybridized carbons (Fsp3) is 0.350. The van der Waals surface area contributed by atoms with E-state index in [-0.39, 0.29) is 17.5 Å². The number of nitrogens with zero attached hydrogens (tertiary/aromatic N) is 1. The van der Waals surface area contributed by atoms with Crippen LogP contribution in [0.3, 0.4) is 0 Å². The third-order valence-corrected chi connectivity index (χ3v) is 4.26. The first kappa shape index (κ1) is 17.3. The SMILES string of the molecule is CN=C(NCc1cccc(F)c1)NC1CC(C)(C)Oc2ccccc21. The van der Waals surface area contributed by atoms with E-state index in [2.05, 4.69) is 35.5 Å². The number of guanidine groups is 1. The van der Waals surface area contributed by atoms with Crippen molar-refractivity contribution in [1.29, 1.82) is 0 Å². The third-order valence-electron chi connectivity index (χ3n) is 4.26. The second kappa shape index (κ2) is 7.13. The topological polar surface area (TPSA) is 45.7 Å². The van der Waals surface area contributed by atoms with E-state index in [1.165, 1.54) is 12.1 Å². The molecule has 1 aliphatic rings. The Morgan fingerprint density at radius 1 is 1.24 bits per heavy atom. The summed E-state index contributed by atoms with van der Waals surface area (Å²) in [7, 11) is 1.73. The van der Waals surface area contributed by atoms with Crippen molar-refractivity contribution in [2.75, 3.05) is 7.05 Å². The summed E-state index contributed by atoms with van der Waals surface area (Å²) in [5.41, 5.74) is 1.74. The van der Waals surface area contributed by atoms with Gasteiger partial charge in [-0.25, -0.2) is 4.39 Å². The molecule has 0 radical (unpaired) electrons. The summed E-state index contributed by atoms with van der Waals surface area (Å²) in [6.07, 6.45) is 0.824. The highest BCUT2D eigenvalue weighted by Gasteiger charge is 2.33. The number of rotatable bonds is 3. The number of nitrogens with one attached hydrogen (secondary N) is 2. The second-order valence-electron chi connectivity index (χ2n) is 6.86. The second-order valence-corrected chi connectivity index (χ2v) is 6.86. The monoisotopic (exact) mass is 341 g/mol. The molecule has 1 heterocycles. The van der Waals surface area contributed by atoms with Crippen molar-refractivity contribution in [3.63, 3.8) is 0 Å². The van der Waals surface area contributed by atoms with Gasteiger partial charge in [0, 0.05) is 25.6 Å². The molecule has 0 saturated carbocycles. The molecule has 0 saturated heterocycles. The highest BCUT2D eigenvalue weighted by atomic mass is 19.1. The van der Waals surface area contributed by atoms with Crippen LogP contribution in [-0.4, -0.2) is 18.6 Å². The summed E-state index contributed by atoms with van der Waals surface area (Å²) in [5, 5.41) is 6.72. The lowest BCUT2D eigenvalue weighted by Gasteiger charge is -2.38. The number of para-hydroxylation sites is 1. The van der Waals surface area contributed by atoms with E-state index in [9.17, 15) is 4.39 Å². The molecule has 2 aromatic rings. The van der Waals surface area contributed by atoms with E-state index in [1.807, 2.05) is 24.3 Å². The zero-order chi connectivity index (χ0) is 17.9. The summed E-state index contributed by atoms with van der Waals surface area (Å²) >= 11 is 0. The summed E-state index contributed by atoms with van der Waals surface area (Å²) in [5.74, 6) is 1.35. The molecule has 0 aromatic heterocycles. The van der Waals surface area contributed by atoms with Gasteiger partial charge in [-0.05, 0) is 37.6 Å². The fourth-order valence-electron chi connectivity index (χ4n) is 3.12. The molecular formula is C20H24FN3O. The predicted octanol–water partition coefficient (Wildman–Crippen LogP) is 3.79. The number of hydrogen-bond acceptors (Lipinski definition) is 2. The number of aliphatic imine (C=N–C) groups is 1. The van der Waals surface area contributed by atoms with Crippen LogP contribution in [0.5, 0.6) is 5.75 Å². The zero-order valence-electron chi connectivity index (χ0n) is 14.8. The molecule has 3 rings (SSSR count). The van der Waals surface area contributed by atoms with Crippen LogP contribution >= 0.6 is 0 Å². The molecule has 2 aromatic carbocycles. The quantitative estimate of drug-likeness (QED) is 0.659. The van der Waals surface area contributed by atoms with Gasteiger partial charge >= 0.3 is 0 Å². The molecule has 1 aliphatic heterocycles. The van der Waals surface area contributed by atoms with E-state index in [0.717, 1.165) is 23.3 Å². The van der Waals surface area contributed by atoms with Crippen molar-refractivity contribution in [2.24, 2.45) is 4.99 Å². The number of benzene rings is 2. The Hall–Kier alpha value is -2.56. The maximum Gasteiger partial charge on any atom is 0.191 e. The van der Waals surface area contributed by atoms with Crippen molar-refractivity contribution in [3.05, 3.63) is 65.5 Å². The zero-order valence-corrected chi connectivity index (χ0v) is 14.8. The van der Waals surface area contributed by atoms with Crippen LogP contribution in [0.2, 0.25) is 0 Å². The van der Waals surface area contributed by atoms with Crippen LogP contribution in [0.25, 0.3) is 0 Å². The molecule has 5 heteroatoms. The molecule has 4 nitrogen and oxygen atoms in total. The van der Waals surface area contributed by atoms with Crippen molar-refractivity contribution in [3.8, 4) is 5.75 Å². The van der Waals surface area contributed by atoms with Crippen molar-refractivity contribution in [1.82, 2.24) is 10.6 Å². The molecular weight excluding hydrogens is 317 g/mol. The lowest BCUT2D eigenvalue weighted by atomic mass is 9.90. The van der Waals surface area contributed by atoms with Gasteiger partial charge in [0.15, 0.2) is 5.96 Å². The first-order chi connectivity index (χ1) is 12.0. The Morgan fingerprint density at radius 2 is 2.04 bits per heavy atom. The number of hydrogen-bond donors (Lipinski definition) is 2. The summed E-state index contributed by atoms with van der Waals surface area (Å²) < 4.78 is 19.4. The minimum Gasteiger partial charge on any atom is -0.487 e. The highest BCUT2D eigenvalue weighted by Crippen LogP contribution is 2.39. The summed E-state index contributed by atoms with van der Waals surface area (Å²) in [6.45, 7) is 4.67. The highest BCUT2D eigenvalue weighted by molar-refractivity contribution is 5.80. The van der Waals surface area contributed by atoms with Gasteiger partial charge in [0.25, 0.3) is 0 Å². The molecule has 0 fully saturated rings. The van der Waals surface area contributed by atoms with E-state index in [0.29, 0.717) is 12.5 Å². The van der Waals surface area contributed by atoms with E-state index >= 15 is 0 Å². The van der Waals surface area contributed by atoms with E-state index < -0.39 is 0 Å². The van der Waals surface area contributed by atoms with Crippen LogP contribution in [-0.2, 0) is 6.54 Å². The van der Waals surface area contributed by atoms with Gasteiger partial charge in [-0.1, -0.05) is 30.3 Å². The van der Waals surface area contributed by atoms with Crippen molar-refractivity contribution < 1.29 is 9.13 Å². The number of halogens is 1. The molecule has 2 N–H and O–H groups in total. The van der Waals surface area contributed by atoms with Gasteiger partial charge in [-0.15, -0.1) is 0 Å². The van der Waals surface area contributed by atoms with Gasteiger partial charge in [-0.3, -0.25) is 4.99 Å². The average Bonchev–Trinajstić information content (AvgIpc) is 2.57. The first-order valence-electron chi connectivity index (χ1n) is 8.46. The molecule has 0 aliphatic carbocycles. The standard InChI is InChI=1S/C20H24FN3O/c1-20(2)12-17(16-9-4-5-10-18(16)25-20)24-19(22-3)23-13-14-7-6-8-15(21)11-14/h4-11,17H,12-13H2,1-3H3,(H2,22,23,24). The molecule has 1 unspecified atom stereocenters. The van der Waals surface area contributed by atoms with Gasteiger partial charge in [0.1, 0.15) is 17.2 Å². The Bertz CT molecular complexity index is 773. The number of fused-ring (bicyclic) bond motifs is 1. The fourth-order valence-corrected chi connectivity index (χ4v) is 3.12. The lowest BCUT2D eigenvalue weighted by molar-refractivity contribution is 0.0694. The molecule has 1 atom stereocenters. The van der Waals surface area contributed by atoms with Crippen LogP contribution in [0.15, 0.2) is 53.5 Å².